The van der Waals surface area contributed by atoms with Crippen LogP contribution >= 0.6 is 0 Å². The lowest BCUT2D eigenvalue weighted by Gasteiger charge is -2.29. The summed E-state index contributed by atoms with van der Waals surface area (Å²) in [6, 6.07) is 47.7. The molecular weight excluding hydrogens is 494 g/mol. The zero-order valence-corrected chi connectivity index (χ0v) is 23.8. The number of allylic oxidation sites excluding steroid dienone is 4. The van der Waals surface area contributed by atoms with Crippen LogP contribution in [-0.2, 0) is 5.41 Å². The van der Waals surface area contributed by atoms with Crippen LogP contribution < -0.4 is 4.90 Å². The van der Waals surface area contributed by atoms with Crippen LogP contribution in [0.2, 0.25) is 0 Å². The van der Waals surface area contributed by atoms with Crippen LogP contribution in [0, 0.1) is 0 Å². The van der Waals surface area contributed by atoms with Crippen molar-refractivity contribution < 1.29 is 0 Å². The molecule has 0 radical (unpaired) electrons. The maximum atomic E-state index is 4.04. The maximum absolute atomic E-state index is 4.04. The molecule has 0 heterocycles. The van der Waals surface area contributed by atoms with Crippen molar-refractivity contribution in [3.05, 3.63) is 175 Å². The molecule has 0 saturated carbocycles. The van der Waals surface area contributed by atoms with E-state index in [9.17, 15) is 0 Å². The molecule has 0 aromatic heterocycles. The van der Waals surface area contributed by atoms with Crippen LogP contribution in [0.1, 0.15) is 25.0 Å². The SMILES string of the molecule is C=CC=C1/C(=C\CN(c2cccc(-c3ccccc3)c2)c2ccccc2-c2ccccc2)C(C)(C)c2ccccc21. The van der Waals surface area contributed by atoms with Gasteiger partial charge in [-0.1, -0.05) is 154 Å². The molecule has 0 N–H and O–H groups in total. The Kier molecular flexibility index (Phi) is 7.27. The molecule has 0 atom stereocenters. The highest BCUT2D eigenvalue weighted by Gasteiger charge is 2.37. The second-order valence-electron chi connectivity index (χ2n) is 11.0. The molecule has 0 fully saturated rings. The fourth-order valence-corrected chi connectivity index (χ4v) is 6.13. The van der Waals surface area contributed by atoms with Crippen molar-refractivity contribution in [2.24, 2.45) is 0 Å². The molecule has 1 aliphatic carbocycles. The first-order chi connectivity index (χ1) is 20.1. The number of rotatable bonds is 7. The molecule has 6 rings (SSSR count). The van der Waals surface area contributed by atoms with E-state index in [0.29, 0.717) is 0 Å². The molecule has 1 heteroatoms. The Balaban J connectivity index is 1.50. The molecule has 0 saturated heterocycles. The van der Waals surface area contributed by atoms with Gasteiger partial charge in [0.1, 0.15) is 0 Å². The van der Waals surface area contributed by atoms with Gasteiger partial charge >= 0.3 is 0 Å². The molecule has 1 aliphatic rings. The average molecular weight is 530 g/mol. The Morgan fingerprint density at radius 2 is 1.24 bits per heavy atom. The fourth-order valence-electron chi connectivity index (χ4n) is 6.13. The van der Waals surface area contributed by atoms with E-state index in [1.165, 1.54) is 50.2 Å². The van der Waals surface area contributed by atoms with Crippen LogP contribution in [0.5, 0.6) is 0 Å². The largest absolute Gasteiger partial charge is 0.337 e. The minimum absolute atomic E-state index is 0.109. The third-order valence-electron chi connectivity index (χ3n) is 8.16. The Hall–Kier alpha value is -4.88. The van der Waals surface area contributed by atoms with Crippen molar-refractivity contribution in [3.63, 3.8) is 0 Å². The molecule has 0 amide bonds. The van der Waals surface area contributed by atoms with Crippen LogP contribution in [-0.4, -0.2) is 6.54 Å². The molecule has 0 spiro atoms. The second-order valence-corrected chi connectivity index (χ2v) is 11.0. The predicted octanol–water partition coefficient (Wildman–Crippen LogP) is 10.6. The highest BCUT2D eigenvalue weighted by Crippen LogP contribution is 2.49. The van der Waals surface area contributed by atoms with Crippen molar-refractivity contribution in [1.82, 2.24) is 0 Å². The zero-order valence-electron chi connectivity index (χ0n) is 23.8. The molecule has 0 bridgehead atoms. The second kappa shape index (κ2) is 11.3. The Morgan fingerprint density at radius 1 is 0.634 bits per heavy atom. The lowest BCUT2D eigenvalue weighted by molar-refractivity contribution is 0.658. The summed E-state index contributed by atoms with van der Waals surface area (Å²) in [5, 5.41) is 0. The number of hydrogen-bond acceptors (Lipinski definition) is 1. The summed E-state index contributed by atoms with van der Waals surface area (Å²) in [4.78, 5) is 2.45. The first-order valence-corrected chi connectivity index (χ1v) is 14.3. The van der Waals surface area contributed by atoms with Gasteiger partial charge in [0.2, 0.25) is 0 Å². The number of anilines is 2. The Bertz CT molecular complexity index is 1740. The Labute approximate surface area is 244 Å². The lowest BCUT2D eigenvalue weighted by Crippen LogP contribution is -2.21. The number of para-hydroxylation sites is 1. The van der Waals surface area contributed by atoms with Crippen molar-refractivity contribution in [1.29, 1.82) is 0 Å². The van der Waals surface area contributed by atoms with E-state index >= 15 is 0 Å². The van der Waals surface area contributed by atoms with E-state index in [1.54, 1.807) is 0 Å². The first kappa shape index (κ1) is 26.3. The van der Waals surface area contributed by atoms with Crippen LogP contribution in [0.3, 0.4) is 0 Å². The molecular formula is C40H35N. The molecule has 200 valence electrons. The summed E-state index contributed by atoms with van der Waals surface area (Å²) in [5.41, 5.74) is 12.3. The van der Waals surface area contributed by atoms with Gasteiger partial charge < -0.3 is 4.90 Å². The van der Waals surface area contributed by atoms with Gasteiger partial charge in [-0.25, -0.2) is 0 Å². The van der Waals surface area contributed by atoms with Gasteiger partial charge in [0, 0.05) is 28.9 Å². The number of nitrogens with zero attached hydrogens (tertiary/aromatic N) is 1. The first-order valence-electron chi connectivity index (χ1n) is 14.3. The van der Waals surface area contributed by atoms with Crippen LogP contribution in [0.4, 0.5) is 11.4 Å². The van der Waals surface area contributed by atoms with Crippen LogP contribution in [0.25, 0.3) is 27.8 Å². The van der Waals surface area contributed by atoms with Crippen LogP contribution in [0.15, 0.2) is 164 Å². The van der Waals surface area contributed by atoms with Gasteiger partial charge in [-0.05, 0) is 57.2 Å². The van der Waals surface area contributed by atoms with Gasteiger partial charge in [0.25, 0.3) is 0 Å². The smallest absolute Gasteiger partial charge is 0.0493 e. The highest BCUT2D eigenvalue weighted by atomic mass is 15.1. The summed E-state index contributed by atoms with van der Waals surface area (Å²) in [5.74, 6) is 0. The number of hydrogen-bond donors (Lipinski definition) is 0. The highest BCUT2D eigenvalue weighted by molar-refractivity contribution is 5.91. The molecule has 5 aromatic carbocycles. The van der Waals surface area contributed by atoms with Crippen molar-refractivity contribution in [2.75, 3.05) is 11.4 Å². The minimum Gasteiger partial charge on any atom is -0.337 e. The Morgan fingerprint density at radius 3 is 1.98 bits per heavy atom. The third-order valence-corrected chi connectivity index (χ3v) is 8.16. The third kappa shape index (κ3) is 5.08. The topological polar surface area (TPSA) is 3.24 Å². The van der Waals surface area contributed by atoms with Gasteiger partial charge in [-0.3, -0.25) is 0 Å². The van der Waals surface area contributed by atoms with Gasteiger partial charge in [-0.15, -0.1) is 0 Å². The minimum atomic E-state index is -0.109. The standard InChI is InChI=1S/C40H35N/c1-4-16-35-36-24-11-13-25-37(36)40(2,3)38(35)27-28-41(33-22-15-21-32(29-33)30-17-7-5-8-18-30)39-26-14-12-23-34(39)31-19-9-6-10-20-31/h4-27,29H,1,28H2,2-3H3/b35-16?,38-27+. The van der Waals surface area contributed by atoms with E-state index in [4.69, 9.17) is 0 Å². The van der Waals surface area contributed by atoms with Gasteiger partial charge in [-0.2, -0.15) is 0 Å². The van der Waals surface area contributed by atoms with E-state index in [2.05, 4.69) is 171 Å². The number of fused-ring (bicyclic) bond motifs is 1. The molecule has 41 heavy (non-hydrogen) atoms. The average Bonchev–Trinajstić information content (AvgIpc) is 3.24. The molecule has 1 nitrogen and oxygen atoms in total. The summed E-state index contributed by atoms with van der Waals surface area (Å²) in [6.07, 6.45) is 6.50. The monoisotopic (exact) mass is 529 g/mol. The summed E-state index contributed by atoms with van der Waals surface area (Å²) in [7, 11) is 0. The van der Waals surface area contributed by atoms with Gasteiger partial charge in [0.15, 0.2) is 0 Å². The lowest BCUT2D eigenvalue weighted by atomic mass is 9.82. The quantitative estimate of drug-likeness (QED) is 0.203. The van der Waals surface area contributed by atoms with Crippen molar-refractivity contribution >= 4 is 16.9 Å². The predicted molar refractivity (Wildman–Crippen MR) is 176 cm³/mol. The molecule has 5 aromatic rings. The molecule has 0 unspecified atom stereocenters. The van der Waals surface area contributed by atoms with E-state index in [0.717, 1.165) is 12.2 Å². The summed E-state index contributed by atoms with van der Waals surface area (Å²) >= 11 is 0. The van der Waals surface area contributed by atoms with Crippen molar-refractivity contribution in [3.8, 4) is 22.3 Å². The summed E-state index contributed by atoms with van der Waals surface area (Å²) in [6.45, 7) is 9.43. The van der Waals surface area contributed by atoms with Crippen molar-refractivity contribution in [2.45, 2.75) is 19.3 Å². The summed E-state index contributed by atoms with van der Waals surface area (Å²) < 4.78 is 0. The van der Waals surface area contributed by atoms with E-state index in [-0.39, 0.29) is 5.41 Å². The zero-order chi connectivity index (χ0) is 28.2. The maximum Gasteiger partial charge on any atom is 0.0493 e. The van der Waals surface area contributed by atoms with E-state index in [1.807, 2.05) is 6.08 Å². The normalized spacial score (nSPS) is 15.6. The van der Waals surface area contributed by atoms with Gasteiger partial charge in [0.05, 0.1) is 0 Å². The number of benzene rings is 5. The van der Waals surface area contributed by atoms with E-state index < -0.39 is 0 Å². The molecule has 0 aliphatic heterocycles. The fraction of sp³-hybridized carbons (Fsp3) is 0.100.